The minimum Gasteiger partial charge on any atom is -0.352 e. The summed E-state index contributed by atoms with van der Waals surface area (Å²) >= 11 is 0. The normalized spacial score (nSPS) is 36.9. The predicted molar refractivity (Wildman–Crippen MR) is 99.3 cm³/mol. The van der Waals surface area contributed by atoms with Gasteiger partial charge in [0.15, 0.2) is 0 Å². The van der Waals surface area contributed by atoms with Gasteiger partial charge >= 0.3 is 6.03 Å². The van der Waals surface area contributed by atoms with Crippen LogP contribution in [0.2, 0.25) is 0 Å². The van der Waals surface area contributed by atoms with Crippen molar-refractivity contribution in [1.29, 1.82) is 0 Å². The van der Waals surface area contributed by atoms with E-state index in [1.807, 2.05) is 0 Å². The monoisotopic (exact) mass is 363 g/mol. The van der Waals surface area contributed by atoms with Crippen molar-refractivity contribution in [2.75, 3.05) is 6.54 Å². The van der Waals surface area contributed by atoms with E-state index in [9.17, 15) is 14.4 Å². The molecular weight excluding hydrogens is 330 g/mol. The summed E-state index contributed by atoms with van der Waals surface area (Å²) in [4.78, 5) is 39.2. The molecule has 0 aromatic carbocycles. The van der Waals surface area contributed by atoms with E-state index in [0.29, 0.717) is 24.7 Å². The van der Waals surface area contributed by atoms with E-state index in [-0.39, 0.29) is 29.8 Å². The fourth-order valence-electron chi connectivity index (χ4n) is 5.58. The molecule has 146 valence electrons. The third kappa shape index (κ3) is 3.74. The average molecular weight is 364 g/mol. The van der Waals surface area contributed by atoms with Crippen LogP contribution in [0.4, 0.5) is 4.79 Å². The van der Waals surface area contributed by atoms with Crippen molar-refractivity contribution in [1.82, 2.24) is 15.5 Å². The number of rotatable bonds is 3. The largest absolute Gasteiger partial charge is 0.352 e. The Labute approximate surface area is 156 Å². The van der Waals surface area contributed by atoms with Crippen molar-refractivity contribution >= 4 is 17.8 Å². The van der Waals surface area contributed by atoms with Gasteiger partial charge < -0.3 is 10.6 Å². The lowest BCUT2D eigenvalue weighted by Crippen LogP contribution is -2.54. The number of carbonyl (C=O) groups is 3. The molecule has 1 aliphatic heterocycles. The third-order valence-electron chi connectivity index (χ3n) is 6.38. The van der Waals surface area contributed by atoms with Crippen LogP contribution in [0.15, 0.2) is 0 Å². The lowest BCUT2D eigenvalue weighted by atomic mass is 9.64. The molecule has 6 nitrogen and oxygen atoms in total. The number of nitrogens with one attached hydrogen (secondary N) is 2. The highest BCUT2D eigenvalue weighted by molar-refractivity contribution is 6.09. The fraction of sp³-hybridized carbons (Fsp3) is 0.850. The number of carbonyl (C=O) groups excluding carboxylic acids is 3. The lowest BCUT2D eigenvalue weighted by Gasteiger charge is -2.43. The Hall–Kier alpha value is -1.59. The Bertz CT molecular complexity index is 603. The van der Waals surface area contributed by atoms with Gasteiger partial charge in [0, 0.05) is 6.04 Å². The molecule has 3 fully saturated rings. The first-order valence-corrected chi connectivity index (χ1v) is 10.1. The highest BCUT2D eigenvalue weighted by Crippen LogP contribution is 2.46. The van der Waals surface area contributed by atoms with Gasteiger partial charge in [0.1, 0.15) is 12.1 Å². The molecule has 6 heteroatoms. The third-order valence-corrected chi connectivity index (χ3v) is 6.38. The molecular formula is C20H33N3O3. The number of imide groups is 1. The van der Waals surface area contributed by atoms with Crippen LogP contribution >= 0.6 is 0 Å². The molecule has 1 spiro atoms. The van der Waals surface area contributed by atoms with Crippen LogP contribution in [0.25, 0.3) is 0 Å². The quantitative estimate of drug-likeness (QED) is 0.757. The molecule has 0 aromatic rings. The first kappa shape index (κ1) is 19.2. The Morgan fingerprint density at radius 1 is 1.19 bits per heavy atom. The smallest absolute Gasteiger partial charge is 0.325 e. The molecule has 3 rings (SSSR count). The van der Waals surface area contributed by atoms with Gasteiger partial charge in [0.2, 0.25) is 5.91 Å². The molecule has 2 N–H and O–H groups in total. The van der Waals surface area contributed by atoms with Crippen molar-refractivity contribution in [3.05, 3.63) is 0 Å². The molecule has 0 aromatic heterocycles. The van der Waals surface area contributed by atoms with Gasteiger partial charge in [0.05, 0.1) is 0 Å². The minimum atomic E-state index is -0.837. The van der Waals surface area contributed by atoms with Crippen LogP contribution in [-0.4, -0.2) is 40.9 Å². The van der Waals surface area contributed by atoms with Crippen molar-refractivity contribution in [3.8, 4) is 0 Å². The van der Waals surface area contributed by atoms with Gasteiger partial charge in [-0.3, -0.25) is 14.5 Å². The maximum Gasteiger partial charge on any atom is 0.325 e. The van der Waals surface area contributed by atoms with E-state index in [4.69, 9.17) is 0 Å². The van der Waals surface area contributed by atoms with Gasteiger partial charge in [0.25, 0.3) is 5.91 Å². The molecule has 2 aliphatic carbocycles. The second-order valence-electron chi connectivity index (χ2n) is 9.69. The molecule has 26 heavy (non-hydrogen) atoms. The van der Waals surface area contributed by atoms with Crippen molar-refractivity contribution in [3.63, 3.8) is 0 Å². The van der Waals surface area contributed by atoms with E-state index < -0.39 is 11.6 Å². The zero-order valence-corrected chi connectivity index (χ0v) is 16.6. The minimum absolute atomic E-state index is 0.00357. The summed E-state index contributed by atoms with van der Waals surface area (Å²) < 4.78 is 0. The van der Waals surface area contributed by atoms with Crippen LogP contribution in [0.1, 0.15) is 72.6 Å². The Morgan fingerprint density at radius 3 is 2.54 bits per heavy atom. The number of hydrogen-bond donors (Lipinski definition) is 2. The van der Waals surface area contributed by atoms with Crippen LogP contribution in [0, 0.1) is 17.3 Å². The van der Waals surface area contributed by atoms with Gasteiger partial charge in [-0.1, -0.05) is 40.5 Å². The van der Waals surface area contributed by atoms with Gasteiger partial charge in [-0.05, 0) is 49.4 Å². The molecule has 3 aliphatic rings. The SMILES string of the molecule is CC1CC(C)(C)CC2(C1)NC(=O)N(CC(=O)NC1CCCCC1C)C2=O. The van der Waals surface area contributed by atoms with Crippen molar-refractivity contribution < 1.29 is 14.4 Å². The molecule has 1 saturated heterocycles. The summed E-state index contributed by atoms with van der Waals surface area (Å²) in [7, 11) is 0. The second kappa shape index (κ2) is 6.86. The summed E-state index contributed by atoms with van der Waals surface area (Å²) in [6.45, 7) is 8.39. The maximum absolute atomic E-state index is 13.1. The number of nitrogens with zero attached hydrogens (tertiary/aromatic N) is 1. The van der Waals surface area contributed by atoms with Crippen molar-refractivity contribution in [2.24, 2.45) is 17.3 Å². The van der Waals surface area contributed by atoms with Gasteiger partial charge in [-0.15, -0.1) is 0 Å². The summed E-state index contributed by atoms with van der Waals surface area (Å²) in [6, 6.07) is -0.272. The second-order valence-corrected chi connectivity index (χ2v) is 9.69. The summed E-state index contributed by atoms with van der Waals surface area (Å²) in [5, 5.41) is 5.97. The summed E-state index contributed by atoms with van der Waals surface area (Å²) in [5.74, 6) is 0.350. The summed E-state index contributed by atoms with van der Waals surface area (Å²) in [6.07, 6.45) is 6.74. The first-order valence-electron chi connectivity index (χ1n) is 10.1. The molecule has 0 radical (unpaired) electrons. The van der Waals surface area contributed by atoms with Gasteiger partial charge in [-0.2, -0.15) is 0 Å². The van der Waals surface area contributed by atoms with E-state index in [0.717, 1.165) is 30.6 Å². The highest BCUT2D eigenvalue weighted by Gasteiger charge is 2.56. The van der Waals surface area contributed by atoms with Crippen LogP contribution in [0.5, 0.6) is 0 Å². The first-order chi connectivity index (χ1) is 12.1. The topological polar surface area (TPSA) is 78.5 Å². The Balaban J connectivity index is 1.66. The molecule has 4 atom stereocenters. The van der Waals surface area contributed by atoms with E-state index >= 15 is 0 Å². The highest BCUT2D eigenvalue weighted by atomic mass is 16.2. The van der Waals surface area contributed by atoms with Gasteiger partial charge in [-0.25, -0.2) is 4.79 Å². The van der Waals surface area contributed by atoms with Crippen LogP contribution in [0.3, 0.4) is 0 Å². The zero-order valence-electron chi connectivity index (χ0n) is 16.6. The average Bonchev–Trinajstić information content (AvgIpc) is 2.71. The lowest BCUT2D eigenvalue weighted by molar-refractivity contribution is -0.137. The summed E-state index contributed by atoms with van der Waals surface area (Å²) in [5.41, 5.74) is -0.840. The van der Waals surface area contributed by atoms with E-state index in [1.165, 1.54) is 6.42 Å². The number of hydrogen-bond acceptors (Lipinski definition) is 3. The van der Waals surface area contributed by atoms with Crippen LogP contribution < -0.4 is 10.6 Å². The molecule has 0 bridgehead atoms. The van der Waals surface area contributed by atoms with Crippen molar-refractivity contribution in [2.45, 2.75) is 84.2 Å². The number of urea groups is 1. The Kier molecular flexibility index (Phi) is 5.06. The molecule has 1 heterocycles. The molecule has 2 saturated carbocycles. The zero-order chi connectivity index (χ0) is 19.1. The predicted octanol–water partition coefficient (Wildman–Crippen LogP) is 2.82. The van der Waals surface area contributed by atoms with E-state index in [2.05, 4.69) is 38.3 Å². The van der Waals surface area contributed by atoms with Crippen LogP contribution in [-0.2, 0) is 9.59 Å². The van der Waals surface area contributed by atoms with E-state index in [1.54, 1.807) is 0 Å². The Morgan fingerprint density at radius 2 is 1.88 bits per heavy atom. The molecule has 4 amide bonds. The molecule has 4 unspecified atom stereocenters. The standard InChI is InChI=1S/C20H33N3O3/c1-13-9-19(3,4)12-20(10-13)17(25)23(18(26)22-20)11-16(24)21-15-8-6-5-7-14(15)2/h13-15H,5-12H2,1-4H3,(H,21,24)(H,22,26). The number of amides is 4. The fourth-order valence-corrected chi connectivity index (χ4v) is 5.58. The maximum atomic E-state index is 13.1.